The molecule has 1 fully saturated rings. The molecule has 1 aliphatic heterocycles. The van der Waals surface area contributed by atoms with Gasteiger partial charge >= 0.3 is 0 Å². The Morgan fingerprint density at radius 3 is 2.85 bits per heavy atom. The molecule has 3 aromatic rings. The third kappa shape index (κ3) is 2.94. The standard InChI is InChI=1S/C20H19N3O3/c1-13-6-5-7-14(10-13)20-21-19(22-26-20)15-11-18(24)23(12-15)16-8-3-4-9-17(16)25-2/h3-10,15H,11-12H2,1-2H3. The number of methoxy groups -OCH3 is 1. The Kier molecular flexibility index (Phi) is 4.16. The number of ether oxygens (including phenoxy) is 1. The zero-order chi connectivity index (χ0) is 18.1. The number of rotatable bonds is 4. The van der Waals surface area contributed by atoms with Crippen molar-refractivity contribution in [1.29, 1.82) is 0 Å². The van der Waals surface area contributed by atoms with E-state index >= 15 is 0 Å². The smallest absolute Gasteiger partial charge is 0.257 e. The topological polar surface area (TPSA) is 68.5 Å². The molecule has 0 aliphatic carbocycles. The summed E-state index contributed by atoms with van der Waals surface area (Å²) in [6.07, 6.45) is 0.352. The van der Waals surface area contributed by atoms with Crippen LogP contribution in [0.25, 0.3) is 11.5 Å². The molecule has 0 radical (unpaired) electrons. The third-order valence-electron chi connectivity index (χ3n) is 4.57. The SMILES string of the molecule is COc1ccccc1N1CC(c2noc(-c3cccc(C)c3)n2)CC1=O. The zero-order valence-corrected chi connectivity index (χ0v) is 14.7. The van der Waals surface area contributed by atoms with Gasteiger partial charge in [0.1, 0.15) is 5.75 Å². The number of para-hydroxylation sites is 2. The van der Waals surface area contributed by atoms with Crippen molar-refractivity contribution in [2.75, 3.05) is 18.6 Å². The first kappa shape index (κ1) is 16.3. The van der Waals surface area contributed by atoms with Crippen molar-refractivity contribution in [1.82, 2.24) is 10.1 Å². The molecule has 0 spiro atoms. The van der Waals surface area contributed by atoms with E-state index in [0.717, 1.165) is 16.8 Å². The van der Waals surface area contributed by atoms with Gasteiger partial charge in [-0.05, 0) is 31.2 Å². The molecular formula is C20H19N3O3. The second kappa shape index (κ2) is 6.63. The molecule has 0 N–H and O–H groups in total. The van der Waals surface area contributed by atoms with E-state index in [9.17, 15) is 4.79 Å². The minimum atomic E-state index is -0.102. The van der Waals surface area contributed by atoms with Crippen LogP contribution in [0.15, 0.2) is 53.1 Å². The third-order valence-corrected chi connectivity index (χ3v) is 4.57. The molecule has 1 saturated heterocycles. The summed E-state index contributed by atoms with van der Waals surface area (Å²) in [6, 6.07) is 15.4. The maximum atomic E-state index is 12.5. The van der Waals surface area contributed by atoms with Crippen LogP contribution in [0.4, 0.5) is 5.69 Å². The van der Waals surface area contributed by atoms with E-state index < -0.39 is 0 Å². The van der Waals surface area contributed by atoms with Crippen molar-refractivity contribution in [3.05, 3.63) is 59.9 Å². The Balaban J connectivity index is 1.58. The first-order chi connectivity index (χ1) is 12.7. The van der Waals surface area contributed by atoms with Crippen molar-refractivity contribution >= 4 is 11.6 Å². The van der Waals surface area contributed by atoms with Gasteiger partial charge in [0.05, 0.1) is 12.8 Å². The lowest BCUT2D eigenvalue weighted by Gasteiger charge is -2.18. The van der Waals surface area contributed by atoms with Gasteiger partial charge in [-0.25, -0.2) is 0 Å². The molecular weight excluding hydrogens is 330 g/mol. The normalized spacial score (nSPS) is 16.9. The minimum absolute atomic E-state index is 0.0291. The number of aryl methyl sites for hydroxylation is 1. The number of benzene rings is 2. The number of hydrogen-bond acceptors (Lipinski definition) is 5. The number of carbonyl (C=O) groups is 1. The van der Waals surface area contributed by atoms with Crippen LogP contribution in [0.5, 0.6) is 5.75 Å². The van der Waals surface area contributed by atoms with Gasteiger partial charge in [0.2, 0.25) is 5.91 Å². The van der Waals surface area contributed by atoms with E-state index in [2.05, 4.69) is 10.1 Å². The lowest BCUT2D eigenvalue weighted by Crippen LogP contribution is -2.24. The molecule has 4 rings (SSSR count). The van der Waals surface area contributed by atoms with Crippen LogP contribution in [-0.4, -0.2) is 29.7 Å². The maximum absolute atomic E-state index is 12.5. The number of hydrogen-bond donors (Lipinski definition) is 0. The Labute approximate surface area is 151 Å². The molecule has 6 nitrogen and oxygen atoms in total. The zero-order valence-electron chi connectivity index (χ0n) is 14.7. The summed E-state index contributed by atoms with van der Waals surface area (Å²) in [6.45, 7) is 2.52. The van der Waals surface area contributed by atoms with Crippen molar-refractivity contribution in [3.8, 4) is 17.2 Å². The highest BCUT2D eigenvalue weighted by molar-refractivity contribution is 5.97. The summed E-state index contributed by atoms with van der Waals surface area (Å²) in [5, 5.41) is 4.11. The number of nitrogens with zero attached hydrogens (tertiary/aromatic N) is 3. The minimum Gasteiger partial charge on any atom is -0.495 e. The quantitative estimate of drug-likeness (QED) is 0.720. The molecule has 2 heterocycles. The number of amides is 1. The van der Waals surface area contributed by atoms with Crippen LogP contribution in [0.2, 0.25) is 0 Å². The van der Waals surface area contributed by atoms with Crippen LogP contribution >= 0.6 is 0 Å². The van der Waals surface area contributed by atoms with Crippen LogP contribution in [0.3, 0.4) is 0 Å². The summed E-state index contributed by atoms with van der Waals surface area (Å²) in [7, 11) is 1.60. The molecule has 2 aromatic carbocycles. The van der Waals surface area contributed by atoms with Gasteiger partial charge in [0.25, 0.3) is 5.89 Å². The molecule has 132 valence electrons. The highest BCUT2D eigenvalue weighted by Crippen LogP contribution is 2.36. The van der Waals surface area contributed by atoms with E-state index in [1.165, 1.54) is 0 Å². The highest BCUT2D eigenvalue weighted by atomic mass is 16.5. The van der Waals surface area contributed by atoms with E-state index in [-0.39, 0.29) is 11.8 Å². The van der Waals surface area contributed by atoms with Gasteiger partial charge in [-0.2, -0.15) is 4.98 Å². The molecule has 1 atom stereocenters. The van der Waals surface area contributed by atoms with Crippen molar-refractivity contribution < 1.29 is 14.1 Å². The Morgan fingerprint density at radius 1 is 1.19 bits per heavy atom. The second-order valence-corrected chi connectivity index (χ2v) is 6.40. The van der Waals surface area contributed by atoms with Gasteiger partial charge in [0, 0.05) is 24.4 Å². The average molecular weight is 349 g/mol. The Morgan fingerprint density at radius 2 is 2.04 bits per heavy atom. The van der Waals surface area contributed by atoms with Gasteiger partial charge in [-0.1, -0.05) is 35.0 Å². The summed E-state index contributed by atoms with van der Waals surface area (Å²) in [4.78, 5) is 18.8. The fourth-order valence-electron chi connectivity index (χ4n) is 3.26. The van der Waals surface area contributed by atoms with Crippen LogP contribution in [0, 0.1) is 6.92 Å². The van der Waals surface area contributed by atoms with E-state index in [1.807, 2.05) is 55.5 Å². The van der Waals surface area contributed by atoms with Crippen molar-refractivity contribution in [2.45, 2.75) is 19.3 Å². The lowest BCUT2D eigenvalue weighted by atomic mass is 10.1. The van der Waals surface area contributed by atoms with Crippen molar-refractivity contribution in [3.63, 3.8) is 0 Å². The predicted molar refractivity (Wildman–Crippen MR) is 97.2 cm³/mol. The maximum Gasteiger partial charge on any atom is 0.257 e. The largest absolute Gasteiger partial charge is 0.495 e. The van der Waals surface area contributed by atoms with Crippen LogP contribution in [-0.2, 0) is 4.79 Å². The van der Waals surface area contributed by atoms with Crippen LogP contribution < -0.4 is 9.64 Å². The molecule has 26 heavy (non-hydrogen) atoms. The second-order valence-electron chi connectivity index (χ2n) is 6.40. The van der Waals surface area contributed by atoms with Gasteiger partial charge in [-0.3, -0.25) is 4.79 Å². The lowest BCUT2D eigenvalue weighted by molar-refractivity contribution is -0.117. The van der Waals surface area contributed by atoms with Gasteiger partial charge < -0.3 is 14.2 Å². The summed E-state index contributed by atoms with van der Waals surface area (Å²) in [5.41, 5.74) is 2.78. The summed E-state index contributed by atoms with van der Waals surface area (Å²) < 4.78 is 10.8. The van der Waals surface area contributed by atoms with E-state index in [1.54, 1.807) is 12.0 Å². The van der Waals surface area contributed by atoms with Crippen LogP contribution in [0.1, 0.15) is 23.7 Å². The van der Waals surface area contributed by atoms with E-state index in [0.29, 0.717) is 30.4 Å². The fourth-order valence-corrected chi connectivity index (χ4v) is 3.26. The first-order valence-electron chi connectivity index (χ1n) is 8.49. The monoisotopic (exact) mass is 349 g/mol. The number of aromatic nitrogens is 2. The van der Waals surface area contributed by atoms with Gasteiger partial charge in [-0.15, -0.1) is 0 Å². The molecule has 1 aromatic heterocycles. The summed E-state index contributed by atoms with van der Waals surface area (Å²) in [5.74, 6) is 1.64. The molecule has 6 heteroatoms. The molecule has 0 bridgehead atoms. The summed E-state index contributed by atoms with van der Waals surface area (Å²) >= 11 is 0. The molecule has 1 amide bonds. The Hall–Kier alpha value is -3.15. The fraction of sp³-hybridized carbons (Fsp3) is 0.250. The van der Waals surface area contributed by atoms with Gasteiger partial charge in [0.15, 0.2) is 5.82 Å². The predicted octanol–water partition coefficient (Wildman–Crippen LogP) is 3.57. The number of carbonyl (C=O) groups excluding carboxylic acids is 1. The highest BCUT2D eigenvalue weighted by Gasteiger charge is 2.35. The molecule has 1 unspecified atom stereocenters. The molecule has 1 aliphatic rings. The Bertz CT molecular complexity index is 951. The molecule has 0 saturated carbocycles. The van der Waals surface area contributed by atoms with E-state index in [4.69, 9.17) is 9.26 Å². The first-order valence-corrected chi connectivity index (χ1v) is 8.49. The number of anilines is 1. The average Bonchev–Trinajstić information content (AvgIpc) is 3.28. The van der Waals surface area contributed by atoms with Crippen molar-refractivity contribution in [2.24, 2.45) is 0 Å².